The molecule has 1 aliphatic rings. The van der Waals surface area contributed by atoms with Gasteiger partial charge in [0.2, 0.25) is 0 Å². The maximum absolute atomic E-state index is 4.18. The molecule has 0 unspecified atom stereocenters. The van der Waals surface area contributed by atoms with E-state index in [-0.39, 0.29) is 0 Å². The van der Waals surface area contributed by atoms with E-state index in [1.54, 1.807) is 0 Å². The van der Waals surface area contributed by atoms with Crippen LogP contribution in [0.25, 0.3) is 0 Å². The Balaban J connectivity index is 1.72. The van der Waals surface area contributed by atoms with Crippen molar-refractivity contribution >= 4 is 11.8 Å². The monoisotopic (exact) mass is 269 g/mol. The van der Waals surface area contributed by atoms with E-state index in [9.17, 15) is 0 Å². The highest BCUT2D eigenvalue weighted by Gasteiger charge is 2.10. The smallest absolute Gasteiger partial charge is 0.0964 e. The quantitative estimate of drug-likeness (QED) is 0.828. The summed E-state index contributed by atoms with van der Waals surface area (Å²) in [5.41, 5.74) is 1.03. The van der Waals surface area contributed by atoms with Gasteiger partial charge in [0.05, 0.1) is 12.2 Å². The van der Waals surface area contributed by atoms with E-state index < -0.39 is 0 Å². The molecule has 102 valence electrons. The summed E-state index contributed by atoms with van der Waals surface area (Å²) in [4.78, 5) is 2.50. The molecule has 0 bridgehead atoms. The molecule has 0 atom stereocenters. The molecule has 1 fully saturated rings. The predicted molar refractivity (Wildman–Crippen MR) is 75.8 cm³/mol. The number of thioether (sulfide) groups is 1. The van der Waals surface area contributed by atoms with Crippen LogP contribution in [0.3, 0.4) is 0 Å². The lowest BCUT2D eigenvalue weighted by atomic mass is 10.3. The maximum Gasteiger partial charge on any atom is 0.0964 e. The van der Waals surface area contributed by atoms with Gasteiger partial charge in [0.15, 0.2) is 0 Å². The van der Waals surface area contributed by atoms with Gasteiger partial charge in [0, 0.05) is 49.9 Å². The van der Waals surface area contributed by atoms with Crippen molar-refractivity contribution in [2.75, 3.05) is 31.1 Å². The van der Waals surface area contributed by atoms with Crippen molar-refractivity contribution in [1.82, 2.24) is 25.2 Å². The second kappa shape index (κ2) is 7.11. The topological polar surface area (TPSA) is 46.0 Å². The molecule has 1 N–H and O–H groups in total. The molecule has 0 radical (unpaired) electrons. The Morgan fingerprint density at radius 1 is 1.33 bits per heavy atom. The molecule has 2 rings (SSSR count). The summed E-state index contributed by atoms with van der Waals surface area (Å²) >= 11 is 2.05. The zero-order valence-electron chi connectivity index (χ0n) is 11.3. The first-order valence-electron chi connectivity index (χ1n) is 6.66. The van der Waals surface area contributed by atoms with Crippen molar-refractivity contribution in [3.8, 4) is 0 Å². The molecule has 5 nitrogen and oxygen atoms in total. The highest BCUT2D eigenvalue weighted by atomic mass is 32.2. The summed E-state index contributed by atoms with van der Waals surface area (Å²) < 4.78 is 1.96. The fraction of sp³-hybridized carbons (Fsp3) is 0.833. The number of hydrogen-bond donors (Lipinski definition) is 1. The first-order chi connectivity index (χ1) is 8.74. The zero-order chi connectivity index (χ0) is 12.8. The summed E-state index contributed by atoms with van der Waals surface area (Å²) in [6.07, 6.45) is 2.05. The van der Waals surface area contributed by atoms with Crippen LogP contribution in [0.15, 0.2) is 6.20 Å². The molecule has 0 aromatic carbocycles. The molecule has 0 saturated carbocycles. The molecule has 6 heteroatoms. The van der Waals surface area contributed by atoms with Gasteiger partial charge in [-0.1, -0.05) is 19.1 Å². The Kier molecular flexibility index (Phi) is 5.46. The summed E-state index contributed by atoms with van der Waals surface area (Å²) in [5.74, 6) is 2.53. The molecule has 1 saturated heterocycles. The summed E-state index contributed by atoms with van der Waals surface area (Å²) in [7, 11) is 0. The van der Waals surface area contributed by atoms with Crippen LogP contribution in [-0.4, -0.2) is 57.1 Å². The number of rotatable bonds is 6. The Labute approximate surface area is 113 Å². The second-order valence-corrected chi connectivity index (χ2v) is 6.19. The molecule has 0 spiro atoms. The molecular weight excluding hydrogens is 246 g/mol. The van der Waals surface area contributed by atoms with Crippen molar-refractivity contribution < 1.29 is 0 Å². The van der Waals surface area contributed by atoms with E-state index in [0.717, 1.165) is 25.3 Å². The Morgan fingerprint density at radius 3 is 2.83 bits per heavy atom. The SMILES string of the molecule is CC(C)NCc1cn(CCN2CCSCC2)nn1. The van der Waals surface area contributed by atoms with E-state index in [1.165, 1.54) is 24.6 Å². The summed E-state index contributed by atoms with van der Waals surface area (Å²) in [5, 5.41) is 11.7. The molecule has 18 heavy (non-hydrogen) atoms. The highest BCUT2D eigenvalue weighted by molar-refractivity contribution is 7.99. The van der Waals surface area contributed by atoms with Crippen LogP contribution >= 0.6 is 11.8 Å². The van der Waals surface area contributed by atoms with Crippen molar-refractivity contribution in [2.45, 2.75) is 33.0 Å². The largest absolute Gasteiger partial charge is 0.309 e. The van der Waals surface area contributed by atoms with Crippen LogP contribution in [0, 0.1) is 0 Å². The lowest BCUT2D eigenvalue weighted by molar-refractivity contribution is 0.283. The fourth-order valence-corrected chi connectivity index (χ4v) is 2.88. The molecule has 0 aliphatic carbocycles. The van der Waals surface area contributed by atoms with Gasteiger partial charge in [0.25, 0.3) is 0 Å². The Morgan fingerprint density at radius 2 is 2.11 bits per heavy atom. The van der Waals surface area contributed by atoms with E-state index in [0.29, 0.717) is 6.04 Å². The molecule has 2 heterocycles. The average Bonchev–Trinajstić information content (AvgIpc) is 2.83. The van der Waals surface area contributed by atoms with Crippen LogP contribution < -0.4 is 5.32 Å². The van der Waals surface area contributed by atoms with E-state index in [1.807, 2.05) is 22.6 Å². The van der Waals surface area contributed by atoms with Gasteiger partial charge in [-0.25, -0.2) is 0 Å². The first-order valence-corrected chi connectivity index (χ1v) is 7.82. The number of nitrogens with zero attached hydrogens (tertiary/aromatic N) is 4. The second-order valence-electron chi connectivity index (χ2n) is 4.96. The summed E-state index contributed by atoms with van der Waals surface area (Å²) in [6.45, 7) is 9.53. The standard InChI is InChI=1S/C12H23N5S/c1-11(2)13-9-12-10-17(15-14-12)4-3-16-5-7-18-8-6-16/h10-11,13H,3-9H2,1-2H3. The van der Waals surface area contributed by atoms with Crippen molar-refractivity contribution in [1.29, 1.82) is 0 Å². The average molecular weight is 269 g/mol. The van der Waals surface area contributed by atoms with Crippen LogP contribution in [-0.2, 0) is 13.1 Å². The number of nitrogens with one attached hydrogen (secondary N) is 1. The molecular formula is C12H23N5S. The lowest BCUT2D eigenvalue weighted by Gasteiger charge is -2.25. The van der Waals surface area contributed by atoms with Gasteiger partial charge in [-0.2, -0.15) is 11.8 Å². The highest BCUT2D eigenvalue weighted by Crippen LogP contribution is 2.08. The van der Waals surface area contributed by atoms with E-state index in [4.69, 9.17) is 0 Å². The third-order valence-electron chi connectivity index (χ3n) is 3.03. The fourth-order valence-electron chi connectivity index (χ4n) is 1.91. The van der Waals surface area contributed by atoms with Crippen molar-refractivity contribution in [2.24, 2.45) is 0 Å². The predicted octanol–water partition coefficient (Wildman–Crippen LogP) is 0.825. The normalized spacial score (nSPS) is 17.5. The van der Waals surface area contributed by atoms with Crippen LogP contribution in [0.5, 0.6) is 0 Å². The Bertz CT molecular complexity index is 346. The van der Waals surface area contributed by atoms with Crippen molar-refractivity contribution in [3.63, 3.8) is 0 Å². The van der Waals surface area contributed by atoms with Gasteiger partial charge in [-0.15, -0.1) is 5.10 Å². The summed E-state index contributed by atoms with van der Waals surface area (Å²) in [6, 6.07) is 0.487. The van der Waals surface area contributed by atoms with Gasteiger partial charge < -0.3 is 5.32 Å². The third-order valence-corrected chi connectivity index (χ3v) is 3.97. The van der Waals surface area contributed by atoms with Crippen LogP contribution in [0.2, 0.25) is 0 Å². The van der Waals surface area contributed by atoms with E-state index in [2.05, 4.69) is 34.4 Å². The van der Waals surface area contributed by atoms with Gasteiger partial charge in [-0.3, -0.25) is 9.58 Å². The minimum absolute atomic E-state index is 0.487. The molecule has 0 amide bonds. The van der Waals surface area contributed by atoms with Crippen LogP contribution in [0.1, 0.15) is 19.5 Å². The lowest BCUT2D eigenvalue weighted by Crippen LogP contribution is -2.35. The Hall–Kier alpha value is -0.590. The van der Waals surface area contributed by atoms with Gasteiger partial charge in [-0.05, 0) is 0 Å². The minimum Gasteiger partial charge on any atom is -0.309 e. The number of hydrogen-bond acceptors (Lipinski definition) is 5. The first kappa shape index (κ1) is 13.8. The molecule has 1 aromatic rings. The molecule has 1 aliphatic heterocycles. The third kappa shape index (κ3) is 4.59. The minimum atomic E-state index is 0.487. The van der Waals surface area contributed by atoms with Gasteiger partial charge >= 0.3 is 0 Å². The van der Waals surface area contributed by atoms with Gasteiger partial charge in [0.1, 0.15) is 0 Å². The van der Waals surface area contributed by atoms with E-state index >= 15 is 0 Å². The molecule has 1 aromatic heterocycles. The maximum atomic E-state index is 4.18. The van der Waals surface area contributed by atoms with Crippen LogP contribution in [0.4, 0.5) is 0 Å². The van der Waals surface area contributed by atoms with Crippen molar-refractivity contribution in [3.05, 3.63) is 11.9 Å². The zero-order valence-corrected chi connectivity index (χ0v) is 12.1. The number of aromatic nitrogens is 3.